The summed E-state index contributed by atoms with van der Waals surface area (Å²) in [5.74, 6) is -0.150. The number of carbonyl (C=O) groups excluding carboxylic acids is 1. The fraction of sp³-hybridized carbons (Fsp3) is 0.308. The van der Waals surface area contributed by atoms with Crippen molar-refractivity contribution in [1.29, 1.82) is 10.5 Å². The summed E-state index contributed by atoms with van der Waals surface area (Å²) in [6, 6.07) is 6.93. The Balaban J connectivity index is 2.44. The SMILES string of the molecule is CNC1C(=O)Nc2cc(N(CC#N)CC#N)c(Cl)cc21. The molecule has 1 atom stereocenters. The molecule has 7 heteroatoms. The van der Waals surface area contributed by atoms with Gasteiger partial charge in [-0.2, -0.15) is 10.5 Å². The van der Waals surface area contributed by atoms with Gasteiger partial charge in [0.25, 0.3) is 0 Å². The Morgan fingerprint density at radius 1 is 1.40 bits per heavy atom. The van der Waals surface area contributed by atoms with Gasteiger partial charge in [0.1, 0.15) is 19.1 Å². The summed E-state index contributed by atoms with van der Waals surface area (Å²) in [6.07, 6.45) is 0. The summed E-state index contributed by atoms with van der Waals surface area (Å²) in [5, 5.41) is 23.7. The number of nitrogens with zero attached hydrogens (tertiary/aromatic N) is 3. The van der Waals surface area contributed by atoms with E-state index in [1.807, 2.05) is 12.1 Å². The maximum atomic E-state index is 11.8. The lowest BCUT2D eigenvalue weighted by molar-refractivity contribution is -0.117. The summed E-state index contributed by atoms with van der Waals surface area (Å²) in [7, 11) is 1.69. The van der Waals surface area contributed by atoms with E-state index in [2.05, 4.69) is 10.6 Å². The quantitative estimate of drug-likeness (QED) is 0.818. The molecule has 1 aliphatic heterocycles. The lowest BCUT2D eigenvalue weighted by atomic mass is 10.1. The van der Waals surface area contributed by atoms with Crippen molar-refractivity contribution in [3.8, 4) is 12.1 Å². The van der Waals surface area contributed by atoms with E-state index >= 15 is 0 Å². The molecule has 1 aromatic carbocycles. The summed E-state index contributed by atoms with van der Waals surface area (Å²) in [6.45, 7) is 0.102. The molecule has 0 saturated carbocycles. The first-order valence-corrected chi connectivity index (χ1v) is 6.30. The average molecular weight is 290 g/mol. The molecule has 0 fully saturated rings. The second kappa shape index (κ2) is 5.79. The molecule has 1 amide bonds. The van der Waals surface area contributed by atoms with Crippen LogP contribution in [0.1, 0.15) is 11.6 Å². The van der Waals surface area contributed by atoms with Crippen molar-refractivity contribution in [2.45, 2.75) is 6.04 Å². The van der Waals surface area contributed by atoms with Crippen LogP contribution in [0.5, 0.6) is 0 Å². The number of hydrogen-bond acceptors (Lipinski definition) is 5. The van der Waals surface area contributed by atoms with E-state index in [9.17, 15) is 4.79 Å². The maximum Gasteiger partial charge on any atom is 0.246 e. The van der Waals surface area contributed by atoms with E-state index in [-0.39, 0.29) is 19.0 Å². The minimum Gasteiger partial charge on any atom is -0.344 e. The third-order valence-corrected chi connectivity index (χ3v) is 3.41. The largest absolute Gasteiger partial charge is 0.344 e. The van der Waals surface area contributed by atoms with Crippen molar-refractivity contribution < 1.29 is 4.79 Å². The Kier molecular flexibility index (Phi) is 4.09. The van der Waals surface area contributed by atoms with Crippen LogP contribution in [0.2, 0.25) is 5.02 Å². The Morgan fingerprint density at radius 3 is 2.60 bits per heavy atom. The molecule has 102 valence electrons. The minimum atomic E-state index is -0.433. The molecule has 1 heterocycles. The van der Waals surface area contributed by atoms with Gasteiger partial charge >= 0.3 is 0 Å². The van der Waals surface area contributed by atoms with Crippen molar-refractivity contribution >= 4 is 28.9 Å². The van der Waals surface area contributed by atoms with Gasteiger partial charge in [-0.05, 0) is 19.2 Å². The van der Waals surface area contributed by atoms with Crippen LogP contribution in [0.4, 0.5) is 11.4 Å². The van der Waals surface area contributed by atoms with Gasteiger partial charge in [-0.15, -0.1) is 0 Å². The molecule has 6 nitrogen and oxygen atoms in total. The first kappa shape index (κ1) is 14.1. The summed E-state index contributed by atoms with van der Waals surface area (Å²) in [5.41, 5.74) is 1.97. The van der Waals surface area contributed by atoms with Gasteiger partial charge in [0.05, 0.1) is 22.8 Å². The average Bonchev–Trinajstić information content (AvgIpc) is 2.72. The van der Waals surface area contributed by atoms with Crippen LogP contribution in [0, 0.1) is 22.7 Å². The Bertz CT molecular complexity index is 615. The van der Waals surface area contributed by atoms with Crippen LogP contribution in [0.25, 0.3) is 0 Å². The van der Waals surface area contributed by atoms with Gasteiger partial charge < -0.3 is 15.5 Å². The number of nitrogens with one attached hydrogen (secondary N) is 2. The molecule has 0 radical (unpaired) electrons. The molecule has 1 aliphatic rings. The number of amides is 1. The van der Waals surface area contributed by atoms with Crippen molar-refractivity contribution in [3.63, 3.8) is 0 Å². The molecule has 2 N–H and O–H groups in total. The Morgan fingerprint density at radius 2 is 2.05 bits per heavy atom. The molecule has 1 aromatic rings. The third kappa shape index (κ3) is 2.39. The number of halogens is 1. The summed E-state index contributed by atoms with van der Waals surface area (Å²) in [4.78, 5) is 13.3. The standard InChI is InChI=1S/C13H12ClN5O/c1-17-12-8-6-9(14)11(7-10(8)18-13(12)20)19(4-2-15)5-3-16/h6-7,12,17H,4-5H2,1H3,(H,18,20). The van der Waals surface area contributed by atoms with Gasteiger partial charge in [-0.3, -0.25) is 4.79 Å². The number of hydrogen-bond donors (Lipinski definition) is 2. The molecule has 2 rings (SSSR count). The van der Waals surface area contributed by atoms with Crippen molar-refractivity contribution in [2.75, 3.05) is 30.4 Å². The molecule has 0 bridgehead atoms. The van der Waals surface area contributed by atoms with Crippen LogP contribution in [0.3, 0.4) is 0 Å². The molecule has 0 aliphatic carbocycles. The van der Waals surface area contributed by atoms with E-state index in [1.165, 1.54) is 0 Å². The van der Waals surface area contributed by atoms with E-state index < -0.39 is 6.04 Å². The molecular formula is C13H12ClN5O. The molecule has 0 spiro atoms. The number of carbonyl (C=O) groups is 1. The van der Waals surface area contributed by atoms with Gasteiger partial charge in [0.15, 0.2) is 0 Å². The van der Waals surface area contributed by atoms with E-state index in [0.29, 0.717) is 16.4 Å². The Hall–Kier alpha value is -2.28. The molecule has 20 heavy (non-hydrogen) atoms. The van der Waals surface area contributed by atoms with Crippen molar-refractivity contribution in [1.82, 2.24) is 5.32 Å². The molecule has 1 unspecified atom stereocenters. The normalized spacial score (nSPS) is 16.0. The lowest BCUT2D eigenvalue weighted by Gasteiger charge is -2.20. The summed E-state index contributed by atoms with van der Waals surface area (Å²) >= 11 is 6.22. The van der Waals surface area contributed by atoms with Gasteiger partial charge in [-0.25, -0.2) is 0 Å². The topological polar surface area (TPSA) is 91.9 Å². The zero-order chi connectivity index (χ0) is 14.7. The minimum absolute atomic E-state index is 0.0511. The molecular weight excluding hydrogens is 278 g/mol. The number of likely N-dealkylation sites (N-methyl/N-ethyl adjacent to an activating group) is 1. The number of anilines is 2. The number of benzene rings is 1. The molecule has 0 saturated heterocycles. The second-order valence-corrected chi connectivity index (χ2v) is 4.68. The van der Waals surface area contributed by atoms with Crippen LogP contribution in [-0.2, 0) is 4.79 Å². The first-order valence-electron chi connectivity index (χ1n) is 5.92. The van der Waals surface area contributed by atoms with E-state index in [0.717, 1.165) is 5.56 Å². The van der Waals surface area contributed by atoms with Crippen LogP contribution < -0.4 is 15.5 Å². The highest BCUT2D eigenvalue weighted by atomic mass is 35.5. The third-order valence-electron chi connectivity index (χ3n) is 3.10. The molecule has 0 aromatic heterocycles. The smallest absolute Gasteiger partial charge is 0.246 e. The van der Waals surface area contributed by atoms with E-state index in [4.69, 9.17) is 22.1 Å². The van der Waals surface area contributed by atoms with E-state index in [1.54, 1.807) is 24.1 Å². The highest BCUT2D eigenvalue weighted by Crippen LogP contribution is 2.38. The fourth-order valence-corrected chi connectivity index (χ4v) is 2.49. The lowest BCUT2D eigenvalue weighted by Crippen LogP contribution is -2.24. The summed E-state index contributed by atoms with van der Waals surface area (Å²) < 4.78 is 0. The zero-order valence-electron chi connectivity index (χ0n) is 10.8. The monoisotopic (exact) mass is 289 g/mol. The maximum absolute atomic E-state index is 11.8. The van der Waals surface area contributed by atoms with Crippen LogP contribution >= 0.6 is 11.6 Å². The predicted octanol–water partition coefficient (Wildman–Crippen LogP) is 1.41. The van der Waals surface area contributed by atoms with Crippen LogP contribution in [0.15, 0.2) is 12.1 Å². The van der Waals surface area contributed by atoms with Gasteiger partial charge in [0, 0.05) is 11.3 Å². The second-order valence-electron chi connectivity index (χ2n) is 4.27. The first-order chi connectivity index (χ1) is 9.62. The van der Waals surface area contributed by atoms with Crippen molar-refractivity contribution in [3.05, 3.63) is 22.7 Å². The zero-order valence-corrected chi connectivity index (χ0v) is 11.5. The number of rotatable bonds is 4. The van der Waals surface area contributed by atoms with Crippen LogP contribution in [-0.4, -0.2) is 26.0 Å². The highest BCUT2D eigenvalue weighted by molar-refractivity contribution is 6.33. The predicted molar refractivity (Wildman–Crippen MR) is 75.3 cm³/mol. The highest BCUT2D eigenvalue weighted by Gasteiger charge is 2.30. The van der Waals surface area contributed by atoms with Crippen molar-refractivity contribution in [2.24, 2.45) is 0 Å². The van der Waals surface area contributed by atoms with Gasteiger partial charge in [0.2, 0.25) is 5.91 Å². The fourth-order valence-electron chi connectivity index (χ4n) is 2.20. The Labute approximate surface area is 121 Å². The number of fused-ring (bicyclic) bond motifs is 1. The van der Waals surface area contributed by atoms with Gasteiger partial charge in [-0.1, -0.05) is 11.6 Å². The number of nitriles is 2.